The van der Waals surface area contributed by atoms with Gasteiger partial charge in [0.1, 0.15) is 5.75 Å². The van der Waals surface area contributed by atoms with Crippen LogP contribution >= 0.6 is 0 Å². The minimum absolute atomic E-state index is 0.0393. The molecule has 0 saturated carbocycles. The average molecular weight is 284 g/mol. The molecule has 0 spiro atoms. The Labute approximate surface area is 124 Å². The van der Waals surface area contributed by atoms with Gasteiger partial charge in [-0.15, -0.1) is 0 Å². The lowest BCUT2D eigenvalue weighted by atomic mass is 10.0. The molecule has 0 heterocycles. The molecule has 0 aliphatic rings. The van der Waals surface area contributed by atoms with Gasteiger partial charge in [0.15, 0.2) is 6.61 Å². The third-order valence-corrected chi connectivity index (χ3v) is 3.17. The molecule has 0 fully saturated rings. The first-order valence-corrected chi connectivity index (χ1v) is 7.03. The molecule has 0 aromatic heterocycles. The molecule has 0 bridgehead atoms. The number of hydrogen-bond donors (Lipinski definition) is 2. The summed E-state index contributed by atoms with van der Waals surface area (Å²) in [6.45, 7) is 1.98. The monoisotopic (exact) mass is 284 g/mol. The summed E-state index contributed by atoms with van der Waals surface area (Å²) in [6, 6.07) is 16.8. The molecule has 0 aliphatic heterocycles. The van der Waals surface area contributed by atoms with E-state index in [0.717, 1.165) is 17.7 Å². The fraction of sp³-hybridized carbons (Fsp3) is 0.235. The Morgan fingerprint density at radius 3 is 2.52 bits per heavy atom. The van der Waals surface area contributed by atoms with Crippen molar-refractivity contribution in [2.75, 3.05) is 11.9 Å². The van der Waals surface area contributed by atoms with Gasteiger partial charge in [-0.2, -0.15) is 0 Å². The number of carbonyl (C=O) groups excluding carboxylic acids is 1. The van der Waals surface area contributed by atoms with Crippen LogP contribution in [0.25, 0.3) is 0 Å². The Bertz CT molecular complexity index is 584. The summed E-state index contributed by atoms with van der Waals surface area (Å²) in [4.78, 5) is 11.9. The van der Waals surface area contributed by atoms with Crippen LogP contribution in [0.2, 0.25) is 0 Å². The lowest BCUT2D eigenvalue weighted by molar-refractivity contribution is -0.118. The normalized spacial score (nSPS) is 11.7. The van der Waals surface area contributed by atoms with Crippen molar-refractivity contribution in [3.05, 3.63) is 60.2 Å². The first-order valence-electron chi connectivity index (χ1n) is 7.03. The quantitative estimate of drug-likeness (QED) is 0.856. The molecular weight excluding hydrogens is 264 g/mol. The fourth-order valence-electron chi connectivity index (χ4n) is 2.00. The molecule has 1 atom stereocenters. The number of rotatable bonds is 6. The highest BCUT2D eigenvalue weighted by molar-refractivity contribution is 5.91. The predicted molar refractivity (Wildman–Crippen MR) is 84.2 cm³/mol. The summed E-state index contributed by atoms with van der Waals surface area (Å²) >= 11 is 0. The molecule has 21 heavy (non-hydrogen) atoms. The molecule has 0 saturated heterocycles. The molecule has 2 aromatic carbocycles. The van der Waals surface area contributed by atoms with E-state index >= 15 is 0 Å². The van der Waals surface area contributed by atoms with Gasteiger partial charge >= 0.3 is 0 Å². The van der Waals surface area contributed by atoms with Gasteiger partial charge in [0.2, 0.25) is 0 Å². The first-order chi connectivity index (χ1) is 10.2. The Kier molecular flexibility index (Phi) is 5.35. The van der Waals surface area contributed by atoms with Crippen LogP contribution in [0.5, 0.6) is 5.75 Å². The molecule has 0 unspecified atom stereocenters. The van der Waals surface area contributed by atoms with Gasteiger partial charge in [0, 0.05) is 17.3 Å². The van der Waals surface area contributed by atoms with Crippen LogP contribution < -0.4 is 15.8 Å². The molecule has 1 amide bonds. The fourth-order valence-corrected chi connectivity index (χ4v) is 2.00. The molecule has 3 N–H and O–H groups in total. The summed E-state index contributed by atoms with van der Waals surface area (Å²) in [6.07, 6.45) is 0.816. The van der Waals surface area contributed by atoms with Crippen molar-refractivity contribution in [3.8, 4) is 5.75 Å². The van der Waals surface area contributed by atoms with E-state index < -0.39 is 0 Å². The molecule has 110 valence electrons. The number of nitrogens with one attached hydrogen (secondary N) is 1. The molecule has 2 rings (SSSR count). The summed E-state index contributed by atoms with van der Waals surface area (Å²) in [5, 5.41) is 2.78. The van der Waals surface area contributed by atoms with Gasteiger partial charge in [-0.1, -0.05) is 43.3 Å². The smallest absolute Gasteiger partial charge is 0.262 e. The highest BCUT2D eigenvalue weighted by Crippen LogP contribution is 2.25. The van der Waals surface area contributed by atoms with E-state index in [1.165, 1.54) is 0 Å². The van der Waals surface area contributed by atoms with Crippen LogP contribution in [-0.2, 0) is 4.79 Å². The van der Waals surface area contributed by atoms with Gasteiger partial charge in [-0.3, -0.25) is 4.79 Å². The van der Waals surface area contributed by atoms with Gasteiger partial charge in [-0.25, -0.2) is 0 Å². The molecule has 4 nitrogen and oxygen atoms in total. The number of amides is 1. The van der Waals surface area contributed by atoms with E-state index in [2.05, 4.69) is 5.32 Å². The van der Waals surface area contributed by atoms with Crippen molar-refractivity contribution in [2.45, 2.75) is 19.4 Å². The SMILES string of the molecule is CC[C@H](N)c1ccccc1OCC(=O)Nc1ccccc1. The van der Waals surface area contributed by atoms with Crippen LogP contribution in [0.1, 0.15) is 24.9 Å². The van der Waals surface area contributed by atoms with Crippen molar-refractivity contribution < 1.29 is 9.53 Å². The summed E-state index contributed by atoms with van der Waals surface area (Å²) in [5.41, 5.74) is 7.72. The van der Waals surface area contributed by atoms with Gasteiger partial charge in [-0.05, 0) is 24.6 Å². The second-order valence-corrected chi connectivity index (χ2v) is 4.76. The second kappa shape index (κ2) is 7.45. The molecule has 2 aromatic rings. The highest BCUT2D eigenvalue weighted by atomic mass is 16.5. The Balaban J connectivity index is 1.95. The Morgan fingerprint density at radius 2 is 1.81 bits per heavy atom. The van der Waals surface area contributed by atoms with Gasteiger partial charge in [0.25, 0.3) is 5.91 Å². The minimum Gasteiger partial charge on any atom is -0.483 e. The van der Waals surface area contributed by atoms with Crippen molar-refractivity contribution in [2.24, 2.45) is 5.73 Å². The second-order valence-electron chi connectivity index (χ2n) is 4.76. The molecular formula is C17H20N2O2. The third-order valence-electron chi connectivity index (χ3n) is 3.17. The molecule has 4 heteroatoms. The van der Waals surface area contributed by atoms with Crippen LogP contribution in [0, 0.1) is 0 Å². The average Bonchev–Trinajstić information content (AvgIpc) is 2.53. The summed E-state index contributed by atoms with van der Waals surface area (Å²) in [5.74, 6) is 0.469. The highest BCUT2D eigenvalue weighted by Gasteiger charge is 2.11. The van der Waals surface area contributed by atoms with E-state index in [1.807, 2.05) is 61.5 Å². The zero-order chi connectivity index (χ0) is 15.1. The lowest BCUT2D eigenvalue weighted by Gasteiger charge is -2.15. The maximum Gasteiger partial charge on any atom is 0.262 e. The van der Waals surface area contributed by atoms with E-state index in [1.54, 1.807) is 0 Å². The predicted octanol–water partition coefficient (Wildman–Crippen LogP) is 3.11. The lowest BCUT2D eigenvalue weighted by Crippen LogP contribution is -2.21. The zero-order valence-corrected chi connectivity index (χ0v) is 12.1. The van der Waals surface area contributed by atoms with Crippen molar-refractivity contribution in [3.63, 3.8) is 0 Å². The van der Waals surface area contributed by atoms with E-state index in [9.17, 15) is 4.79 Å². The van der Waals surface area contributed by atoms with Crippen molar-refractivity contribution in [1.29, 1.82) is 0 Å². The number of nitrogens with two attached hydrogens (primary N) is 1. The number of hydrogen-bond acceptors (Lipinski definition) is 3. The van der Waals surface area contributed by atoms with Crippen LogP contribution in [0.4, 0.5) is 5.69 Å². The maximum absolute atomic E-state index is 11.9. The Hall–Kier alpha value is -2.33. The maximum atomic E-state index is 11.9. The van der Waals surface area contributed by atoms with Crippen LogP contribution in [0.3, 0.4) is 0 Å². The Morgan fingerprint density at radius 1 is 1.14 bits per heavy atom. The van der Waals surface area contributed by atoms with Gasteiger partial charge in [0.05, 0.1) is 0 Å². The number of benzene rings is 2. The standard InChI is InChI=1S/C17H20N2O2/c1-2-15(18)14-10-6-7-11-16(14)21-12-17(20)19-13-8-4-3-5-9-13/h3-11,15H,2,12,18H2,1H3,(H,19,20)/t15-/m0/s1. The van der Waals surface area contributed by atoms with Crippen LogP contribution in [-0.4, -0.2) is 12.5 Å². The van der Waals surface area contributed by atoms with E-state index in [4.69, 9.17) is 10.5 Å². The molecule has 0 radical (unpaired) electrons. The van der Waals surface area contributed by atoms with Crippen LogP contribution in [0.15, 0.2) is 54.6 Å². The first kappa shape index (κ1) is 15.1. The third kappa shape index (κ3) is 4.33. The number of carbonyl (C=O) groups is 1. The van der Waals surface area contributed by atoms with Gasteiger partial charge < -0.3 is 15.8 Å². The molecule has 0 aliphatic carbocycles. The zero-order valence-electron chi connectivity index (χ0n) is 12.1. The number of para-hydroxylation sites is 2. The largest absolute Gasteiger partial charge is 0.483 e. The number of anilines is 1. The van der Waals surface area contributed by atoms with E-state index in [0.29, 0.717) is 5.75 Å². The number of ether oxygens (including phenoxy) is 1. The van der Waals surface area contributed by atoms with Crippen molar-refractivity contribution >= 4 is 11.6 Å². The summed E-state index contributed by atoms with van der Waals surface area (Å²) < 4.78 is 5.60. The summed E-state index contributed by atoms with van der Waals surface area (Å²) in [7, 11) is 0. The minimum atomic E-state index is -0.193. The van der Waals surface area contributed by atoms with E-state index in [-0.39, 0.29) is 18.6 Å². The van der Waals surface area contributed by atoms with Crippen molar-refractivity contribution in [1.82, 2.24) is 0 Å². The topological polar surface area (TPSA) is 64.3 Å².